The Balaban J connectivity index is 2.20. The van der Waals surface area contributed by atoms with E-state index in [1.165, 1.54) is 12.1 Å². The number of hydrogen-bond acceptors (Lipinski definition) is 2. The normalized spacial score (nSPS) is 24.1. The van der Waals surface area contributed by atoms with Crippen LogP contribution in [-0.4, -0.2) is 29.0 Å². The summed E-state index contributed by atoms with van der Waals surface area (Å²) in [5, 5.41) is 9.64. The third-order valence-corrected chi connectivity index (χ3v) is 3.35. The van der Waals surface area contributed by atoms with Gasteiger partial charge in [0.1, 0.15) is 11.6 Å². The van der Waals surface area contributed by atoms with Crippen molar-refractivity contribution in [3.8, 4) is 5.75 Å². The van der Waals surface area contributed by atoms with Crippen molar-refractivity contribution in [3.63, 3.8) is 0 Å². The van der Waals surface area contributed by atoms with E-state index in [1.807, 2.05) is 0 Å². The van der Waals surface area contributed by atoms with Gasteiger partial charge in [0.2, 0.25) is 0 Å². The van der Waals surface area contributed by atoms with Gasteiger partial charge in [-0.05, 0) is 30.4 Å². The minimum Gasteiger partial charge on any atom is -0.507 e. The van der Waals surface area contributed by atoms with Crippen LogP contribution < -0.4 is 0 Å². The van der Waals surface area contributed by atoms with E-state index in [-0.39, 0.29) is 17.2 Å². The molecule has 1 amide bonds. The van der Waals surface area contributed by atoms with Crippen molar-refractivity contribution >= 4 is 5.91 Å². The van der Waals surface area contributed by atoms with E-state index in [0.29, 0.717) is 24.9 Å². The van der Waals surface area contributed by atoms with Crippen LogP contribution in [0.15, 0.2) is 18.2 Å². The molecule has 0 spiro atoms. The number of likely N-dealkylation sites (tertiary alicyclic amines) is 1. The zero-order valence-corrected chi connectivity index (χ0v) is 10.7. The summed E-state index contributed by atoms with van der Waals surface area (Å²) in [6.45, 7) is 5.61. The molecule has 18 heavy (non-hydrogen) atoms. The number of aromatic hydroxyl groups is 1. The summed E-state index contributed by atoms with van der Waals surface area (Å²) in [4.78, 5) is 14.0. The zero-order chi connectivity index (χ0) is 13.3. The first-order chi connectivity index (χ1) is 8.47. The molecule has 1 aromatic rings. The van der Waals surface area contributed by atoms with Crippen molar-refractivity contribution in [2.45, 2.75) is 20.3 Å². The molecule has 2 atom stereocenters. The molecule has 1 fully saturated rings. The summed E-state index contributed by atoms with van der Waals surface area (Å²) in [6.07, 6.45) is 1.11. The van der Waals surface area contributed by atoms with E-state index in [9.17, 15) is 14.3 Å². The van der Waals surface area contributed by atoms with E-state index in [2.05, 4.69) is 13.8 Å². The van der Waals surface area contributed by atoms with Crippen LogP contribution in [0.1, 0.15) is 30.6 Å². The summed E-state index contributed by atoms with van der Waals surface area (Å²) in [6, 6.07) is 3.52. The molecule has 0 aromatic heterocycles. The van der Waals surface area contributed by atoms with Crippen LogP contribution in [0.2, 0.25) is 0 Å². The van der Waals surface area contributed by atoms with E-state index in [4.69, 9.17) is 0 Å². The highest BCUT2D eigenvalue weighted by molar-refractivity contribution is 5.96. The van der Waals surface area contributed by atoms with E-state index >= 15 is 0 Å². The number of amides is 1. The predicted molar refractivity (Wildman–Crippen MR) is 66.9 cm³/mol. The minimum absolute atomic E-state index is 0.178. The molecule has 1 aliphatic heterocycles. The van der Waals surface area contributed by atoms with Crippen molar-refractivity contribution < 1.29 is 14.3 Å². The number of halogens is 1. The first kappa shape index (κ1) is 12.9. The van der Waals surface area contributed by atoms with Crippen molar-refractivity contribution in [2.75, 3.05) is 13.1 Å². The maximum atomic E-state index is 12.9. The molecule has 1 saturated heterocycles. The monoisotopic (exact) mass is 251 g/mol. The number of piperidine rings is 1. The number of benzene rings is 1. The maximum absolute atomic E-state index is 12.9. The second-order valence-electron chi connectivity index (χ2n) is 5.32. The van der Waals surface area contributed by atoms with Crippen LogP contribution >= 0.6 is 0 Å². The van der Waals surface area contributed by atoms with Crippen LogP contribution in [0.4, 0.5) is 4.39 Å². The Hall–Kier alpha value is -1.58. The lowest BCUT2D eigenvalue weighted by molar-refractivity contribution is 0.0620. The number of carbonyl (C=O) groups excluding carboxylic acids is 1. The summed E-state index contributed by atoms with van der Waals surface area (Å²) >= 11 is 0. The van der Waals surface area contributed by atoms with Crippen molar-refractivity contribution in [2.24, 2.45) is 11.8 Å². The van der Waals surface area contributed by atoms with E-state index in [1.54, 1.807) is 4.90 Å². The van der Waals surface area contributed by atoms with Gasteiger partial charge in [0.25, 0.3) is 5.91 Å². The van der Waals surface area contributed by atoms with Gasteiger partial charge in [0, 0.05) is 19.2 Å². The standard InChI is InChI=1S/C14H18FNO2/c1-9-5-10(2)8-16(7-9)14(18)12-4-3-11(15)6-13(12)17/h3-4,6,9-10,17H,5,7-8H2,1-2H3. The van der Waals surface area contributed by atoms with Crippen LogP contribution in [0.5, 0.6) is 5.75 Å². The smallest absolute Gasteiger partial charge is 0.257 e. The molecule has 1 N–H and O–H groups in total. The maximum Gasteiger partial charge on any atom is 0.257 e. The average molecular weight is 251 g/mol. The topological polar surface area (TPSA) is 40.5 Å². The van der Waals surface area contributed by atoms with Crippen LogP contribution in [-0.2, 0) is 0 Å². The molecule has 1 aliphatic rings. The highest BCUT2D eigenvalue weighted by Gasteiger charge is 2.27. The van der Waals surface area contributed by atoms with E-state index in [0.717, 1.165) is 12.5 Å². The van der Waals surface area contributed by atoms with Gasteiger partial charge in [-0.2, -0.15) is 0 Å². The summed E-state index contributed by atoms with van der Waals surface area (Å²) in [5.74, 6) is -0.123. The molecule has 1 heterocycles. The van der Waals surface area contributed by atoms with Gasteiger partial charge in [-0.15, -0.1) is 0 Å². The number of carbonyl (C=O) groups is 1. The lowest BCUT2D eigenvalue weighted by atomic mass is 9.91. The molecule has 0 bridgehead atoms. The second-order valence-corrected chi connectivity index (χ2v) is 5.32. The van der Waals surface area contributed by atoms with Crippen LogP contribution in [0.3, 0.4) is 0 Å². The number of nitrogens with zero attached hydrogens (tertiary/aromatic N) is 1. The van der Waals surface area contributed by atoms with Gasteiger partial charge in [-0.25, -0.2) is 4.39 Å². The number of rotatable bonds is 1. The third kappa shape index (κ3) is 2.63. The molecular weight excluding hydrogens is 233 g/mol. The highest BCUT2D eigenvalue weighted by atomic mass is 19.1. The quantitative estimate of drug-likeness (QED) is 0.833. The van der Waals surface area contributed by atoms with E-state index < -0.39 is 5.82 Å². The summed E-state index contributed by atoms with van der Waals surface area (Å²) < 4.78 is 12.9. The molecular formula is C14H18FNO2. The summed E-state index contributed by atoms with van der Waals surface area (Å²) in [7, 11) is 0. The fraction of sp³-hybridized carbons (Fsp3) is 0.500. The lowest BCUT2D eigenvalue weighted by Crippen LogP contribution is -2.42. The zero-order valence-electron chi connectivity index (χ0n) is 10.7. The molecule has 2 rings (SSSR count). The Kier molecular flexibility index (Phi) is 3.55. The molecule has 2 unspecified atom stereocenters. The van der Waals surface area contributed by atoms with Gasteiger partial charge >= 0.3 is 0 Å². The SMILES string of the molecule is CC1CC(C)CN(C(=O)c2ccc(F)cc2O)C1. The van der Waals surface area contributed by atoms with Gasteiger partial charge in [0.05, 0.1) is 5.56 Å². The Morgan fingerprint density at radius 1 is 1.33 bits per heavy atom. The molecule has 0 saturated carbocycles. The number of hydrogen-bond donors (Lipinski definition) is 1. The number of phenolic OH excluding ortho intramolecular Hbond substituents is 1. The second kappa shape index (κ2) is 4.96. The molecule has 1 aromatic carbocycles. The number of phenols is 1. The van der Waals surface area contributed by atoms with Gasteiger partial charge in [0.15, 0.2) is 0 Å². The Bertz CT molecular complexity index is 451. The molecule has 4 heteroatoms. The molecule has 98 valence electrons. The van der Waals surface area contributed by atoms with Gasteiger partial charge in [-0.1, -0.05) is 13.8 Å². The average Bonchev–Trinajstić information content (AvgIpc) is 2.26. The van der Waals surface area contributed by atoms with Crippen molar-refractivity contribution in [3.05, 3.63) is 29.6 Å². The fourth-order valence-electron chi connectivity index (χ4n) is 2.68. The third-order valence-electron chi connectivity index (χ3n) is 3.35. The lowest BCUT2D eigenvalue weighted by Gasteiger charge is -2.35. The van der Waals surface area contributed by atoms with Crippen molar-refractivity contribution in [1.82, 2.24) is 4.90 Å². The summed E-state index contributed by atoms with van der Waals surface area (Å²) in [5.41, 5.74) is 0.178. The fourth-order valence-corrected chi connectivity index (χ4v) is 2.68. The highest BCUT2D eigenvalue weighted by Crippen LogP contribution is 2.25. The molecule has 0 radical (unpaired) electrons. The molecule has 3 nitrogen and oxygen atoms in total. The molecule has 0 aliphatic carbocycles. The first-order valence-corrected chi connectivity index (χ1v) is 6.25. The van der Waals surface area contributed by atoms with Gasteiger partial charge < -0.3 is 10.0 Å². The first-order valence-electron chi connectivity index (χ1n) is 6.25. The Morgan fingerprint density at radius 2 is 1.94 bits per heavy atom. The largest absolute Gasteiger partial charge is 0.507 e. The van der Waals surface area contributed by atoms with Crippen LogP contribution in [0.25, 0.3) is 0 Å². The predicted octanol–water partition coefficient (Wildman–Crippen LogP) is 2.65. The van der Waals surface area contributed by atoms with Gasteiger partial charge in [-0.3, -0.25) is 4.79 Å². The van der Waals surface area contributed by atoms with Crippen LogP contribution in [0, 0.1) is 17.7 Å². The minimum atomic E-state index is -0.538. The Morgan fingerprint density at radius 3 is 2.50 bits per heavy atom. The van der Waals surface area contributed by atoms with Crippen molar-refractivity contribution in [1.29, 1.82) is 0 Å². The Labute approximate surface area is 106 Å².